The normalized spacial score (nSPS) is 15.5. The van der Waals surface area contributed by atoms with Crippen LogP contribution in [0, 0.1) is 13.8 Å². The maximum Gasteiger partial charge on any atom is 0.243 e. The van der Waals surface area contributed by atoms with Gasteiger partial charge in [0.1, 0.15) is 0 Å². The van der Waals surface area contributed by atoms with Gasteiger partial charge in [0.25, 0.3) is 0 Å². The van der Waals surface area contributed by atoms with Gasteiger partial charge in [0.2, 0.25) is 15.9 Å². The monoisotopic (exact) mass is 523 g/mol. The second-order valence-corrected chi connectivity index (χ2v) is 12.2. The first-order valence-electron chi connectivity index (χ1n) is 12.1. The Bertz CT molecular complexity index is 1540. The van der Waals surface area contributed by atoms with E-state index in [-0.39, 0.29) is 10.8 Å². The van der Waals surface area contributed by atoms with Gasteiger partial charge in [0.05, 0.1) is 15.7 Å². The third-order valence-electron chi connectivity index (χ3n) is 6.63. The number of benzene rings is 2. The molecule has 10 heteroatoms. The summed E-state index contributed by atoms with van der Waals surface area (Å²) in [6.45, 7) is 7.20. The SMILES string of the molecule is CCC(Sc1nnc2cc(C)c3cccc(C)c3n12)C(=O)Nc1ccc(S(=O)(=O)N2CCCC2)cc1. The summed E-state index contributed by atoms with van der Waals surface area (Å²) in [6.07, 6.45) is 2.37. The van der Waals surface area contributed by atoms with Crippen molar-refractivity contribution in [1.82, 2.24) is 18.9 Å². The lowest BCUT2D eigenvalue weighted by Crippen LogP contribution is -2.28. The summed E-state index contributed by atoms with van der Waals surface area (Å²) in [5.41, 5.74) is 4.60. The summed E-state index contributed by atoms with van der Waals surface area (Å²) < 4.78 is 29.1. The molecule has 5 rings (SSSR count). The van der Waals surface area contributed by atoms with Crippen molar-refractivity contribution in [3.63, 3.8) is 0 Å². The first-order valence-corrected chi connectivity index (χ1v) is 14.4. The molecule has 0 bridgehead atoms. The molecule has 1 atom stereocenters. The molecule has 1 aliphatic heterocycles. The van der Waals surface area contributed by atoms with Gasteiger partial charge in [0.15, 0.2) is 10.8 Å². The molecule has 3 heterocycles. The highest BCUT2D eigenvalue weighted by atomic mass is 32.2. The van der Waals surface area contributed by atoms with Crippen molar-refractivity contribution in [3.05, 3.63) is 59.7 Å². The summed E-state index contributed by atoms with van der Waals surface area (Å²) in [7, 11) is -3.49. The highest BCUT2D eigenvalue weighted by molar-refractivity contribution is 8.00. The summed E-state index contributed by atoms with van der Waals surface area (Å²) in [5, 5.41) is 13.1. The third-order valence-corrected chi connectivity index (χ3v) is 9.85. The average molecular weight is 524 g/mol. The second kappa shape index (κ2) is 9.84. The molecule has 1 fully saturated rings. The van der Waals surface area contributed by atoms with E-state index < -0.39 is 15.3 Å². The van der Waals surface area contributed by atoms with Crippen molar-refractivity contribution in [2.24, 2.45) is 0 Å². The van der Waals surface area contributed by atoms with Crippen LogP contribution in [-0.2, 0) is 14.8 Å². The van der Waals surface area contributed by atoms with Crippen LogP contribution in [0.25, 0.3) is 16.6 Å². The molecule has 1 aliphatic rings. The second-order valence-electron chi connectivity index (χ2n) is 9.11. The fourth-order valence-electron chi connectivity index (χ4n) is 4.67. The number of rotatable bonds is 7. The zero-order valence-corrected chi connectivity index (χ0v) is 22.2. The molecular formula is C26H29N5O3S2. The van der Waals surface area contributed by atoms with Crippen molar-refractivity contribution in [3.8, 4) is 0 Å². The molecule has 0 saturated carbocycles. The average Bonchev–Trinajstić information content (AvgIpc) is 3.54. The Morgan fingerprint density at radius 3 is 2.47 bits per heavy atom. The predicted molar refractivity (Wildman–Crippen MR) is 143 cm³/mol. The smallest absolute Gasteiger partial charge is 0.243 e. The Labute approximate surface area is 215 Å². The van der Waals surface area contributed by atoms with Gasteiger partial charge >= 0.3 is 0 Å². The molecule has 8 nitrogen and oxygen atoms in total. The van der Waals surface area contributed by atoms with Crippen molar-refractivity contribution in [2.45, 2.75) is 55.3 Å². The molecule has 0 aliphatic carbocycles. The van der Waals surface area contributed by atoms with E-state index in [1.807, 2.05) is 23.5 Å². The lowest BCUT2D eigenvalue weighted by molar-refractivity contribution is -0.115. The number of nitrogens with one attached hydrogen (secondary N) is 1. The number of para-hydroxylation sites is 1. The van der Waals surface area contributed by atoms with Gasteiger partial charge in [-0.25, -0.2) is 8.42 Å². The number of anilines is 1. The molecule has 0 radical (unpaired) electrons. The summed E-state index contributed by atoms with van der Waals surface area (Å²) in [4.78, 5) is 13.4. The minimum Gasteiger partial charge on any atom is -0.325 e. The van der Waals surface area contributed by atoms with Crippen LogP contribution in [0.15, 0.2) is 58.6 Å². The van der Waals surface area contributed by atoms with Gasteiger partial charge in [-0.3, -0.25) is 9.20 Å². The maximum absolute atomic E-state index is 13.2. The number of amides is 1. The van der Waals surface area contributed by atoms with Gasteiger partial charge in [-0.1, -0.05) is 36.9 Å². The molecule has 1 amide bonds. The van der Waals surface area contributed by atoms with E-state index >= 15 is 0 Å². The molecular weight excluding hydrogens is 494 g/mol. The van der Waals surface area contributed by atoms with E-state index in [9.17, 15) is 13.2 Å². The van der Waals surface area contributed by atoms with E-state index in [2.05, 4.69) is 41.5 Å². The Kier molecular flexibility index (Phi) is 6.76. The van der Waals surface area contributed by atoms with E-state index in [0.717, 1.165) is 40.5 Å². The fourth-order valence-corrected chi connectivity index (χ4v) is 7.15. The van der Waals surface area contributed by atoms with Crippen LogP contribution in [0.5, 0.6) is 0 Å². The van der Waals surface area contributed by atoms with Gasteiger partial charge in [0, 0.05) is 24.2 Å². The van der Waals surface area contributed by atoms with Gasteiger partial charge in [-0.15, -0.1) is 10.2 Å². The predicted octanol–water partition coefficient (Wildman–Crippen LogP) is 4.79. The van der Waals surface area contributed by atoms with Crippen LogP contribution >= 0.6 is 11.8 Å². The number of carbonyl (C=O) groups is 1. The summed E-state index contributed by atoms with van der Waals surface area (Å²) >= 11 is 1.38. The highest BCUT2D eigenvalue weighted by Gasteiger charge is 2.27. The minimum atomic E-state index is -3.49. The lowest BCUT2D eigenvalue weighted by Gasteiger charge is -2.17. The number of pyridine rings is 1. The molecule has 1 unspecified atom stereocenters. The minimum absolute atomic E-state index is 0.164. The first-order chi connectivity index (χ1) is 17.3. The topological polar surface area (TPSA) is 96.7 Å². The van der Waals surface area contributed by atoms with Crippen LogP contribution in [0.4, 0.5) is 5.69 Å². The van der Waals surface area contributed by atoms with Crippen LogP contribution in [0.1, 0.15) is 37.3 Å². The molecule has 1 saturated heterocycles. The van der Waals surface area contributed by atoms with Crippen molar-refractivity contribution in [2.75, 3.05) is 18.4 Å². The lowest BCUT2D eigenvalue weighted by atomic mass is 10.1. The number of sulfonamides is 1. The van der Waals surface area contributed by atoms with Crippen molar-refractivity contribution in [1.29, 1.82) is 0 Å². The zero-order valence-electron chi connectivity index (χ0n) is 20.6. The molecule has 0 spiro atoms. The Balaban J connectivity index is 1.37. The first kappa shape index (κ1) is 24.7. The number of aryl methyl sites for hydroxylation is 2. The summed E-state index contributed by atoms with van der Waals surface area (Å²) in [5.74, 6) is -0.164. The Hall–Kier alpha value is -2.95. The number of hydrogen-bond donors (Lipinski definition) is 1. The van der Waals surface area contributed by atoms with E-state index in [1.165, 1.54) is 16.1 Å². The quantitative estimate of drug-likeness (QED) is 0.350. The standard InChI is InChI=1S/C26H29N5O3S2/c1-4-22(25(32)27-19-10-12-20(13-11-19)36(33,34)30-14-5-6-15-30)35-26-29-28-23-16-18(3)21-9-7-8-17(2)24(21)31(23)26/h7-13,16,22H,4-6,14-15H2,1-3H3,(H,27,32). The number of nitrogens with zero attached hydrogens (tertiary/aromatic N) is 4. The molecule has 36 heavy (non-hydrogen) atoms. The maximum atomic E-state index is 13.2. The molecule has 1 N–H and O–H groups in total. The number of thioether (sulfide) groups is 1. The fraction of sp³-hybridized carbons (Fsp3) is 0.346. The Morgan fingerprint density at radius 2 is 1.78 bits per heavy atom. The van der Waals surface area contributed by atoms with Gasteiger partial charge < -0.3 is 5.32 Å². The largest absolute Gasteiger partial charge is 0.325 e. The molecule has 2 aromatic heterocycles. The van der Waals surface area contributed by atoms with Gasteiger partial charge in [-0.05, 0) is 74.6 Å². The number of hydrogen-bond acceptors (Lipinski definition) is 6. The van der Waals surface area contributed by atoms with Crippen LogP contribution < -0.4 is 5.32 Å². The zero-order chi connectivity index (χ0) is 25.4. The van der Waals surface area contributed by atoms with Gasteiger partial charge in [-0.2, -0.15) is 4.31 Å². The van der Waals surface area contributed by atoms with Crippen LogP contribution in [0.2, 0.25) is 0 Å². The third kappa shape index (κ3) is 4.49. The number of carbonyl (C=O) groups excluding carboxylic acids is 1. The Morgan fingerprint density at radius 1 is 1.06 bits per heavy atom. The van der Waals surface area contributed by atoms with E-state index in [4.69, 9.17) is 0 Å². The van der Waals surface area contributed by atoms with Crippen LogP contribution in [0.3, 0.4) is 0 Å². The molecule has 188 valence electrons. The van der Waals surface area contributed by atoms with Crippen molar-refractivity contribution < 1.29 is 13.2 Å². The van der Waals surface area contributed by atoms with Crippen molar-refractivity contribution >= 4 is 49.9 Å². The highest BCUT2D eigenvalue weighted by Crippen LogP contribution is 2.31. The van der Waals surface area contributed by atoms with E-state index in [1.54, 1.807) is 24.3 Å². The molecule has 4 aromatic rings. The number of fused-ring (bicyclic) bond motifs is 3. The molecule has 2 aromatic carbocycles. The summed E-state index contributed by atoms with van der Waals surface area (Å²) in [6, 6.07) is 14.6. The van der Waals surface area contributed by atoms with E-state index in [0.29, 0.717) is 30.4 Å². The number of aromatic nitrogens is 3. The van der Waals surface area contributed by atoms with Crippen LogP contribution in [-0.4, -0.2) is 51.6 Å².